The third-order valence-corrected chi connectivity index (χ3v) is 3.50. The van der Waals surface area contributed by atoms with Gasteiger partial charge < -0.3 is 10.2 Å². The first kappa shape index (κ1) is 13.5. The van der Waals surface area contributed by atoms with Gasteiger partial charge in [-0.3, -0.25) is 9.78 Å². The molecule has 0 unspecified atom stereocenters. The normalized spacial score (nSPS) is 14.8. The second kappa shape index (κ2) is 6.30. The molecular weight excluding hydrogens is 266 g/mol. The fraction of sp³-hybridized carbons (Fsp3) is 0.333. The Morgan fingerprint density at radius 2 is 2.05 bits per heavy atom. The Kier molecular flexibility index (Phi) is 4.04. The maximum atomic E-state index is 12.1. The topological polar surface area (TPSA) is 71.0 Å². The van der Waals surface area contributed by atoms with E-state index in [2.05, 4.69) is 25.2 Å². The zero-order chi connectivity index (χ0) is 14.5. The van der Waals surface area contributed by atoms with Crippen molar-refractivity contribution in [2.75, 3.05) is 23.3 Å². The van der Waals surface area contributed by atoms with Crippen LogP contribution in [0.5, 0.6) is 0 Å². The molecule has 21 heavy (non-hydrogen) atoms. The highest BCUT2D eigenvalue weighted by Crippen LogP contribution is 2.19. The first-order chi connectivity index (χ1) is 10.3. The van der Waals surface area contributed by atoms with Gasteiger partial charge in [-0.05, 0) is 31.4 Å². The predicted octanol–water partition coefficient (Wildman–Crippen LogP) is 2.11. The van der Waals surface area contributed by atoms with Gasteiger partial charge in [0.15, 0.2) is 0 Å². The first-order valence-electron chi connectivity index (χ1n) is 7.11. The monoisotopic (exact) mass is 283 g/mol. The number of rotatable bonds is 3. The number of pyridine rings is 1. The zero-order valence-corrected chi connectivity index (χ0v) is 11.7. The van der Waals surface area contributed by atoms with Crippen molar-refractivity contribution in [2.45, 2.75) is 19.3 Å². The van der Waals surface area contributed by atoms with Crippen LogP contribution in [0.4, 0.5) is 11.6 Å². The van der Waals surface area contributed by atoms with Crippen molar-refractivity contribution >= 4 is 17.5 Å². The van der Waals surface area contributed by atoms with E-state index in [1.54, 1.807) is 18.3 Å². The third kappa shape index (κ3) is 3.34. The van der Waals surface area contributed by atoms with Gasteiger partial charge in [-0.2, -0.15) is 0 Å². The van der Waals surface area contributed by atoms with Crippen molar-refractivity contribution in [3.8, 4) is 0 Å². The molecule has 0 aliphatic carbocycles. The molecular formula is C15H17N5O. The van der Waals surface area contributed by atoms with Gasteiger partial charge in [0.2, 0.25) is 0 Å². The summed E-state index contributed by atoms with van der Waals surface area (Å²) in [7, 11) is 0. The zero-order valence-electron chi connectivity index (χ0n) is 11.7. The van der Waals surface area contributed by atoms with Gasteiger partial charge in [-0.15, -0.1) is 0 Å². The van der Waals surface area contributed by atoms with Crippen LogP contribution in [0.15, 0.2) is 36.9 Å². The van der Waals surface area contributed by atoms with E-state index in [0.717, 1.165) is 18.9 Å². The van der Waals surface area contributed by atoms with E-state index in [1.807, 2.05) is 6.07 Å². The van der Waals surface area contributed by atoms with Gasteiger partial charge in [0.05, 0.1) is 5.56 Å². The molecule has 1 aliphatic rings. The number of carbonyl (C=O) groups excluding carboxylic acids is 1. The highest BCUT2D eigenvalue weighted by molar-refractivity contribution is 6.03. The van der Waals surface area contributed by atoms with Gasteiger partial charge in [0, 0.05) is 31.5 Å². The van der Waals surface area contributed by atoms with Crippen LogP contribution in [0, 0.1) is 0 Å². The SMILES string of the molecule is O=C(Nc1cc(N2CCCCC2)ncn1)c1cccnc1. The van der Waals surface area contributed by atoms with Crippen molar-refractivity contribution in [1.29, 1.82) is 0 Å². The molecule has 0 bridgehead atoms. The van der Waals surface area contributed by atoms with Crippen LogP contribution in [0.3, 0.4) is 0 Å². The molecule has 0 spiro atoms. The number of piperidine rings is 1. The quantitative estimate of drug-likeness (QED) is 0.934. The Labute approximate surface area is 123 Å². The number of carbonyl (C=O) groups is 1. The number of nitrogens with zero attached hydrogens (tertiary/aromatic N) is 4. The molecule has 1 saturated heterocycles. The molecule has 0 aromatic carbocycles. The molecule has 1 amide bonds. The fourth-order valence-electron chi connectivity index (χ4n) is 2.40. The Morgan fingerprint density at radius 3 is 2.81 bits per heavy atom. The van der Waals surface area contributed by atoms with E-state index in [9.17, 15) is 4.79 Å². The van der Waals surface area contributed by atoms with Gasteiger partial charge >= 0.3 is 0 Å². The van der Waals surface area contributed by atoms with Crippen LogP contribution in [-0.4, -0.2) is 33.9 Å². The lowest BCUT2D eigenvalue weighted by atomic mass is 10.1. The van der Waals surface area contributed by atoms with Crippen LogP contribution in [0.2, 0.25) is 0 Å². The van der Waals surface area contributed by atoms with Crippen LogP contribution < -0.4 is 10.2 Å². The summed E-state index contributed by atoms with van der Waals surface area (Å²) in [6.45, 7) is 2.01. The molecule has 3 rings (SSSR count). The van der Waals surface area contributed by atoms with Crippen molar-refractivity contribution in [3.63, 3.8) is 0 Å². The minimum Gasteiger partial charge on any atom is -0.356 e. The standard InChI is InChI=1S/C15H17N5O/c21-15(12-5-4-6-16-10-12)19-13-9-14(18-11-17-13)20-7-2-1-3-8-20/h4-6,9-11H,1-3,7-8H2,(H,17,18,19,21). The molecule has 0 atom stereocenters. The molecule has 2 aromatic heterocycles. The highest BCUT2D eigenvalue weighted by Gasteiger charge is 2.13. The molecule has 0 radical (unpaired) electrons. The van der Waals surface area contributed by atoms with Crippen molar-refractivity contribution in [1.82, 2.24) is 15.0 Å². The number of hydrogen-bond donors (Lipinski definition) is 1. The fourth-order valence-corrected chi connectivity index (χ4v) is 2.40. The van der Waals surface area contributed by atoms with Crippen LogP contribution in [-0.2, 0) is 0 Å². The molecule has 3 heterocycles. The Morgan fingerprint density at radius 1 is 1.19 bits per heavy atom. The average molecular weight is 283 g/mol. The van der Waals surface area contributed by atoms with Crippen molar-refractivity contribution in [3.05, 3.63) is 42.5 Å². The summed E-state index contributed by atoms with van der Waals surface area (Å²) >= 11 is 0. The number of aromatic nitrogens is 3. The largest absolute Gasteiger partial charge is 0.356 e. The molecule has 6 heteroatoms. The maximum Gasteiger partial charge on any atom is 0.258 e. The van der Waals surface area contributed by atoms with E-state index < -0.39 is 0 Å². The maximum absolute atomic E-state index is 12.1. The van der Waals surface area contributed by atoms with Gasteiger partial charge in [-0.25, -0.2) is 9.97 Å². The van der Waals surface area contributed by atoms with Crippen LogP contribution in [0.25, 0.3) is 0 Å². The predicted molar refractivity (Wildman–Crippen MR) is 80.3 cm³/mol. The Hall–Kier alpha value is -2.50. The van der Waals surface area contributed by atoms with E-state index in [-0.39, 0.29) is 5.91 Å². The second-order valence-corrected chi connectivity index (χ2v) is 5.00. The third-order valence-electron chi connectivity index (χ3n) is 3.50. The molecule has 2 aromatic rings. The van der Waals surface area contributed by atoms with Crippen molar-refractivity contribution in [2.24, 2.45) is 0 Å². The lowest BCUT2D eigenvalue weighted by Gasteiger charge is -2.27. The van der Waals surface area contributed by atoms with Crippen molar-refractivity contribution < 1.29 is 4.79 Å². The molecule has 6 nitrogen and oxygen atoms in total. The molecule has 0 saturated carbocycles. The van der Waals surface area contributed by atoms with E-state index in [0.29, 0.717) is 11.4 Å². The molecule has 108 valence electrons. The van der Waals surface area contributed by atoms with Crippen LogP contribution >= 0.6 is 0 Å². The van der Waals surface area contributed by atoms with E-state index >= 15 is 0 Å². The molecule has 1 fully saturated rings. The smallest absolute Gasteiger partial charge is 0.258 e. The summed E-state index contributed by atoms with van der Waals surface area (Å²) in [5.74, 6) is 1.16. The summed E-state index contributed by atoms with van der Waals surface area (Å²) in [5.41, 5.74) is 0.510. The summed E-state index contributed by atoms with van der Waals surface area (Å²) < 4.78 is 0. The summed E-state index contributed by atoms with van der Waals surface area (Å²) in [5, 5.41) is 2.78. The minimum absolute atomic E-state index is 0.216. The number of nitrogens with one attached hydrogen (secondary N) is 1. The second-order valence-electron chi connectivity index (χ2n) is 5.00. The van der Waals surface area contributed by atoms with Gasteiger partial charge in [0.25, 0.3) is 5.91 Å². The minimum atomic E-state index is -0.216. The van der Waals surface area contributed by atoms with E-state index in [4.69, 9.17) is 0 Å². The average Bonchev–Trinajstić information content (AvgIpc) is 2.57. The Bertz CT molecular complexity index is 610. The number of anilines is 2. The summed E-state index contributed by atoms with van der Waals surface area (Å²) in [6, 6.07) is 5.27. The lowest BCUT2D eigenvalue weighted by Crippen LogP contribution is -2.30. The summed E-state index contributed by atoms with van der Waals surface area (Å²) in [6.07, 6.45) is 8.29. The molecule has 1 aliphatic heterocycles. The first-order valence-corrected chi connectivity index (χ1v) is 7.11. The molecule has 1 N–H and O–H groups in total. The summed E-state index contributed by atoms with van der Waals surface area (Å²) in [4.78, 5) is 26.6. The lowest BCUT2D eigenvalue weighted by molar-refractivity contribution is 0.102. The Balaban J connectivity index is 1.72. The number of hydrogen-bond acceptors (Lipinski definition) is 5. The highest BCUT2D eigenvalue weighted by atomic mass is 16.1. The van der Waals surface area contributed by atoms with Gasteiger partial charge in [0.1, 0.15) is 18.0 Å². The number of amides is 1. The van der Waals surface area contributed by atoms with Gasteiger partial charge in [-0.1, -0.05) is 0 Å². The van der Waals surface area contributed by atoms with E-state index in [1.165, 1.54) is 31.8 Å². The van der Waals surface area contributed by atoms with Crippen LogP contribution in [0.1, 0.15) is 29.6 Å².